The summed E-state index contributed by atoms with van der Waals surface area (Å²) >= 11 is 1.67. The minimum Gasteiger partial charge on any atom is -0.350 e. The fourth-order valence-electron chi connectivity index (χ4n) is 4.42. The number of nitrogens with zero attached hydrogens (tertiary/aromatic N) is 3. The predicted octanol–water partition coefficient (Wildman–Crippen LogP) is 3.75. The van der Waals surface area contributed by atoms with Gasteiger partial charge in [0.2, 0.25) is 11.8 Å². The number of carbonyl (C=O) groups is 2. The van der Waals surface area contributed by atoms with Crippen LogP contribution in [0, 0.1) is 5.82 Å². The normalized spacial score (nSPS) is 22.2. The van der Waals surface area contributed by atoms with Gasteiger partial charge >= 0.3 is 0 Å². The number of halogens is 1. The molecule has 5 rings (SSSR count). The second-order valence-electron chi connectivity index (χ2n) is 8.27. The van der Waals surface area contributed by atoms with E-state index < -0.39 is 6.04 Å². The Bertz CT molecular complexity index is 1160. The number of aromatic nitrogens is 2. The van der Waals surface area contributed by atoms with E-state index in [1.807, 2.05) is 43.5 Å². The number of amides is 2. The molecule has 8 heteroatoms. The van der Waals surface area contributed by atoms with Crippen LogP contribution in [0.1, 0.15) is 25.3 Å². The molecule has 6 nitrogen and oxygen atoms in total. The summed E-state index contributed by atoms with van der Waals surface area (Å²) in [6, 6.07) is 15.4. The van der Waals surface area contributed by atoms with Crippen LogP contribution < -0.4 is 5.32 Å². The van der Waals surface area contributed by atoms with Crippen LogP contribution in [0.2, 0.25) is 0 Å². The summed E-state index contributed by atoms with van der Waals surface area (Å²) in [5.74, 6) is 0.168. The van der Waals surface area contributed by atoms with E-state index in [0.717, 1.165) is 23.2 Å². The monoisotopic (exact) mass is 450 g/mol. The number of benzene rings is 2. The van der Waals surface area contributed by atoms with Gasteiger partial charge in [0.1, 0.15) is 11.9 Å². The number of para-hydroxylation sites is 1. The second-order valence-corrected chi connectivity index (χ2v) is 9.77. The lowest BCUT2D eigenvalue weighted by atomic mass is 10.1. The summed E-state index contributed by atoms with van der Waals surface area (Å²) in [6.45, 7) is 2.30. The number of carbonyl (C=O) groups excluding carboxylic acids is 2. The largest absolute Gasteiger partial charge is 0.350 e. The summed E-state index contributed by atoms with van der Waals surface area (Å²) in [6.07, 6.45) is 3.15. The molecule has 164 valence electrons. The molecule has 1 aromatic heterocycles. The lowest BCUT2D eigenvalue weighted by Crippen LogP contribution is -2.49. The summed E-state index contributed by atoms with van der Waals surface area (Å²) in [7, 11) is 0. The molecule has 0 unspecified atom stereocenters. The maximum atomic E-state index is 13.5. The van der Waals surface area contributed by atoms with Gasteiger partial charge in [-0.3, -0.25) is 9.59 Å². The van der Waals surface area contributed by atoms with Gasteiger partial charge in [0, 0.05) is 36.0 Å². The van der Waals surface area contributed by atoms with Crippen molar-refractivity contribution in [1.82, 2.24) is 20.0 Å². The van der Waals surface area contributed by atoms with Crippen molar-refractivity contribution in [2.24, 2.45) is 0 Å². The number of rotatable bonds is 5. The highest BCUT2D eigenvalue weighted by Gasteiger charge is 2.52. The summed E-state index contributed by atoms with van der Waals surface area (Å²) in [5.41, 5.74) is 3.15. The van der Waals surface area contributed by atoms with E-state index in [9.17, 15) is 14.0 Å². The minimum atomic E-state index is -0.460. The average Bonchev–Trinajstić information content (AvgIpc) is 3.46. The Labute approximate surface area is 189 Å². The van der Waals surface area contributed by atoms with Crippen molar-refractivity contribution in [3.8, 4) is 16.9 Å². The zero-order valence-electron chi connectivity index (χ0n) is 17.6. The molecule has 2 aliphatic heterocycles. The Kier molecular flexibility index (Phi) is 5.25. The van der Waals surface area contributed by atoms with Crippen LogP contribution in [-0.4, -0.2) is 43.2 Å². The van der Waals surface area contributed by atoms with Gasteiger partial charge in [-0.1, -0.05) is 18.2 Å². The maximum Gasteiger partial charge on any atom is 0.243 e. The molecule has 0 saturated carbocycles. The van der Waals surface area contributed by atoms with E-state index in [-0.39, 0.29) is 29.0 Å². The molecule has 0 spiro atoms. The highest BCUT2D eigenvalue weighted by Crippen LogP contribution is 2.47. The molecule has 3 aromatic rings. The second kappa shape index (κ2) is 8.09. The third-order valence-electron chi connectivity index (χ3n) is 6.13. The van der Waals surface area contributed by atoms with Gasteiger partial charge < -0.3 is 10.2 Å². The van der Waals surface area contributed by atoms with E-state index in [0.29, 0.717) is 17.9 Å². The van der Waals surface area contributed by atoms with Gasteiger partial charge in [-0.05, 0) is 49.7 Å². The molecule has 2 amide bonds. The van der Waals surface area contributed by atoms with Crippen LogP contribution in [0.3, 0.4) is 0 Å². The Balaban J connectivity index is 1.40. The lowest BCUT2D eigenvalue weighted by Gasteiger charge is -2.29. The first-order valence-electron chi connectivity index (χ1n) is 10.6. The molecular formula is C24H23FN4O2S. The van der Waals surface area contributed by atoms with Gasteiger partial charge in [-0.15, -0.1) is 11.8 Å². The highest BCUT2D eigenvalue weighted by atomic mass is 32.2. The van der Waals surface area contributed by atoms with Crippen molar-refractivity contribution in [2.75, 3.05) is 5.75 Å². The van der Waals surface area contributed by atoms with Gasteiger partial charge in [0.15, 0.2) is 0 Å². The predicted molar refractivity (Wildman–Crippen MR) is 122 cm³/mol. The Morgan fingerprint density at radius 1 is 1.22 bits per heavy atom. The maximum absolute atomic E-state index is 13.5. The average molecular weight is 451 g/mol. The fraction of sp³-hybridized carbons (Fsp3) is 0.292. The molecule has 2 saturated heterocycles. The van der Waals surface area contributed by atoms with Gasteiger partial charge in [-0.25, -0.2) is 9.07 Å². The molecule has 0 bridgehead atoms. The van der Waals surface area contributed by atoms with E-state index >= 15 is 0 Å². The molecule has 1 N–H and O–H groups in total. The van der Waals surface area contributed by atoms with Crippen LogP contribution in [0.5, 0.6) is 0 Å². The molecule has 2 aliphatic rings. The Morgan fingerprint density at radius 3 is 2.72 bits per heavy atom. The van der Waals surface area contributed by atoms with Crippen LogP contribution >= 0.6 is 11.8 Å². The standard InChI is InChI=1S/C24H23FN4O2S/c1-24-12-11-21(30)29(24)20(15-32-24)23(31)26-13-17-14-28(19-5-3-2-4-6-19)27-22(17)16-7-9-18(25)10-8-16/h2-10,14,20H,11-13,15H2,1H3,(H,26,31)/t20-,24-/m0/s1. The molecule has 3 heterocycles. The molecule has 0 aliphatic carbocycles. The number of hydrogen-bond donors (Lipinski definition) is 1. The molecule has 0 radical (unpaired) electrons. The van der Waals surface area contributed by atoms with E-state index in [4.69, 9.17) is 5.10 Å². The van der Waals surface area contributed by atoms with Crippen molar-refractivity contribution in [1.29, 1.82) is 0 Å². The van der Waals surface area contributed by atoms with Crippen LogP contribution in [-0.2, 0) is 16.1 Å². The molecular weight excluding hydrogens is 427 g/mol. The highest BCUT2D eigenvalue weighted by molar-refractivity contribution is 8.01. The van der Waals surface area contributed by atoms with Crippen LogP contribution in [0.25, 0.3) is 16.9 Å². The Hall–Kier alpha value is -3.13. The fourth-order valence-corrected chi connectivity index (χ4v) is 5.85. The third-order valence-corrected chi connectivity index (χ3v) is 7.63. The number of hydrogen-bond acceptors (Lipinski definition) is 4. The van der Waals surface area contributed by atoms with Crippen molar-refractivity contribution in [3.63, 3.8) is 0 Å². The topological polar surface area (TPSA) is 67.2 Å². The molecule has 2 fully saturated rings. The van der Waals surface area contributed by atoms with Crippen LogP contribution in [0.15, 0.2) is 60.8 Å². The first kappa shape index (κ1) is 20.8. The Morgan fingerprint density at radius 2 is 1.97 bits per heavy atom. The smallest absolute Gasteiger partial charge is 0.243 e. The zero-order chi connectivity index (χ0) is 22.3. The minimum absolute atomic E-state index is 0.0431. The number of thioether (sulfide) groups is 1. The van der Waals surface area contributed by atoms with E-state index in [1.54, 1.807) is 33.5 Å². The first-order valence-corrected chi connectivity index (χ1v) is 11.6. The van der Waals surface area contributed by atoms with Crippen molar-refractivity contribution < 1.29 is 14.0 Å². The lowest BCUT2D eigenvalue weighted by molar-refractivity contribution is -0.138. The quantitative estimate of drug-likeness (QED) is 0.643. The van der Waals surface area contributed by atoms with Crippen molar-refractivity contribution in [3.05, 3.63) is 72.2 Å². The zero-order valence-corrected chi connectivity index (χ0v) is 18.4. The first-order chi connectivity index (χ1) is 15.4. The van der Waals surface area contributed by atoms with E-state index in [2.05, 4.69) is 5.32 Å². The van der Waals surface area contributed by atoms with Crippen molar-refractivity contribution >= 4 is 23.6 Å². The number of fused-ring (bicyclic) bond motifs is 1. The molecule has 32 heavy (non-hydrogen) atoms. The van der Waals surface area contributed by atoms with E-state index in [1.165, 1.54) is 12.1 Å². The third kappa shape index (κ3) is 3.68. The van der Waals surface area contributed by atoms with Gasteiger partial charge in [0.25, 0.3) is 0 Å². The summed E-state index contributed by atoms with van der Waals surface area (Å²) < 4.78 is 15.2. The van der Waals surface area contributed by atoms with Crippen molar-refractivity contribution in [2.45, 2.75) is 37.2 Å². The molecule has 2 aromatic carbocycles. The summed E-state index contributed by atoms with van der Waals surface area (Å²) in [5, 5.41) is 7.71. The van der Waals surface area contributed by atoms with Crippen LogP contribution in [0.4, 0.5) is 4.39 Å². The summed E-state index contributed by atoms with van der Waals surface area (Å²) in [4.78, 5) is 26.9. The van der Waals surface area contributed by atoms with Gasteiger partial charge in [-0.2, -0.15) is 5.10 Å². The van der Waals surface area contributed by atoms with Gasteiger partial charge in [0.05, 0.1) is 16.3 Å². The molecule has 2 atom stereocenters. The SMILES string of the molecule is C[C@]12CCC(=O)N1[C@H](C(=O)NCc1cn(-c3ccccc3)nc1-c1ccc(F)cc1)CS2. The number of nitrogens with one attached hydrogen (secondary N) is 1.